The van der Waals surface area contributed by atoms with Gasteiger partial charge in [0.25, 0.3) is 0 Å². The summed E-state index contributed by atoms with van der Waals surface area (Å²) in [7, 11) is 0. The van der Waals surface area contributed by atoms with Gasteiger partial charge in [-0.3, -0.25) is 9.69 Å². The summed E-state index contributed by atoms with van der Waals surface area (Å²) in [6.45, 7) is 5.42. The molecular formula is C20H25FN2O3. The van der Waals surface area contributed by atoms with Crippen molar-refractivity contribution in [1.82, 2.24) is 10.2 Å². The van der Waals surface area contributed by atoms with Gasteiger partial charge in [-0.2, -0.15) is 0 Å². The van der Waals surface area contributed by atoms with Crippen LogP contribution in [-0.4, -0.2) is 43.7 Å². The van der Waals surface area contributed by atoms with Crippen molar-refractivity contribution in [2.75, 3.05) is 32.8 Å². The van der Waals surface area contributed by atoms with E-state index in [1.165, 1.54) is 12.1 Å². The van der Waals surface area contributed by atoms with Gasteiger partial charge in [-0.25, -0.2) is 4.39 Å². The van der Waals surface area contributed by atoms with Gasteiger partial charge < -0.3 is 14.5 Å². The van der Waals surface area contributed by atoms with Gasteiger partial charge in [0.1, 0.15) is 17.3 Å². The smallest absolute Gasteiger partial charge is 0.220 e. The summed E-state index contributed by atoms with van der Waals surface area (Å²) in [5.41, 5.74) is 0.952. The fourth-order valence-corrected chi connectivity index (χ4v) is 3.14. The summed E-state index contributed by atoms with van der Waals surface area (Å²) in [4.78, 5) is 14.5. The van der Waals surface area contributed by atoms with E-state index in [9.17, 15) is 9.18 Å². The second-order valence-electron chi connectivity index (χ2n) is 6.54. The van der Waals surface area contributed by atoms with Crippen molar-refractivity contribution in [3.8, 4) is 0 Å². The fraction of sp³-hybridized carbons (Fsp3) is 0.450. The second kappa shape index (κ2) is 8.96. The number of carbonyl (C=O) groups is 1. The van der Waals surface area contributed by atoms with Crippen molar-refractivity contribution in [3.63, 3.8) is 0 Å². The minimum Gasteiger partial charge on any atom is -0.465 e. The van der Waals surface area contributed by atoms with E-state index >= 15 is 0 Å². The number of halogens is 1. The number of carbonyl (C=O) groups excluding carboxylic acids is 1. The van der Waals surface area contributed by atoms with E-state index in [2.05, 4.69) is 10.2 Å². The van der Waals surface area contributed by atoms with Crippen LogP contribution >= 0.6 is 0 Å². The first-order chi connectivity index (χ1) is 12.6. The number of morpholine rings is 1. The molecule has 1 aliphatic heterocycles. The summed E-state index contributed by atoms with van der Waals surface area (Å²) < 4.78 is 24.2. The maximum absolute atomic E-state index is 12.9. The lowest BCUT2D eigenvalue weighted by molar-refractivity contribution is -0.121. The van der Waals surface area contributed by atoms with Gasteiger partial charge in [-0.15, -0.1) is 0 Å². The summed E-state index contributed by atoms with van der Waals surface area (Å²) in [5.74, 6) is 1.44. The van der Waals surface area contributed by atoms with Gasteiger partial charge >= 0.3 is 0 Å². The standard InChI is InChI=1S/C20H25FN2O3/c1-15-2-8-19(26-15)18(23-10-12-25-13-11-23)14-22-20(24)9-5-16-3-6-17(21)7-4-16/h2-4,6-8,18H,5,9-14H2,1H3,(H,22,24). The molecule has 1 fully saturated rings. The summed E-state index contributed by atoms with van der Waals surface area (Å²) in [6.07, 6.45) is 0.965. The predicted molar refractivity (Wildman–Crippen MR) is 96.3 cm³/mol. The first kappa shape index (κ1) is 18.6. The molecule has 0 radical (unpaired) electrons. The Hall–Kier alpha value is -2.18. The van der Waals surface area contributed by atoms with Gasteiger partial charge in [-0.05, 0) is 43.2 Å². The summed E-state index contributed by atoms with van der Waals surface area (Å²) >= 11 is 0. The van der Waals surface area contributed by atoms with E-state index < -0.39 is 0 Å². The molecule has 1 aromatic carbocycles. The lowest BCUT2D eigenvalue weighted by atomic mass is 10.1. The van der Waals surface area contributed by atoms with Gasteiger partial charge in [0.05, 0.1) is 19.3 Å². The third-order valence-electron chi connectivity index (χ3n) is 4.62. The first-order valence-corrected chi connectivity index (χ1v) is 9.01. The van der Waals surface area contributed by atoms with E-state index in [0.717, 1.165) is 30.2 Å². The Balaban J connectivity index is 1.54. The molecule has 2 aromatic rings. The minimum atomic E-state index is -0.264. The molecule has 0 spiro atoms. The van der Waals surface area contributed by atoms with Crippen LogP contribution in [0.4, 0.5) is 4.39 Å². The molecule has 140 valence electrons. The molecule has 2 heterocycles. The summed E-state index contributed by atoms with van der Waals surface area (Å²) in [6, 6.07) is 10.2. The van der Waals surface area contributed by atoms with E-state index in [1.54, 1.807) is 12.1 Å². The van der Waals surface area contributed by atoms with E-state index in [0.29, 0.717) is 32.6 Å². The normalized spacial score (nSPS) is 16.4. The molecule has 1 amide bonds. The highest BCUT2D eigenvalue weighted by atomic mass is 19.1. The van der Waals surface area contributed by atoms with Crippen molar-refractivity contribution in [2.45, 2.75) is 25.8 Å². The summed E-state index contributed by atoms with van der Waals surface area (Å²) in [5, 5.41) is 3.01. The Bertz CT molecular complexity index is 708. The molecule has 0 aliphatic carbocycles. The lowest BCUT2D eigenvalue weighted by Crippen LogP contribution is -2.43. The van der Waals surface area contributed by atoms with Gasteiger partial charge in [-0.1, -0.05) is 12.1 Å². The Labute approximate surface area is 153 Å². The van der Waals surface area contributed by atoms with Crippen LogP contribution in [0, 0.1) is 12.7 Å². The van der Waals surface area contributed by atoms with Crippen LogP contribution < -0.4 is 5.32 Å². The zero-order valence-electron chi connectivity index (χ0n) is 15.0. The number of ether oxygens (including phenoxy) is 1. The topological polar surface area (TPSA) is 54.7 Å². The molecule has 5 nitrogen and oxygen atoms in total. The molecule has 0 bridgehead atoms. The van der Waals surface area contributed by atoms with Crippen molar-refractivity contribution < 1.29 is 18.3 Å². The Morgan fingerprint density at radius 1 is 1.19 bits per heavy atom. The molecule has 1 unspecified atom stereocenters. The van der Waals surface area contributed by atoms with Crippen LogP contribution in [0.5, 0.6) is 0 Å². The molecule has 1 atom stereocenters. The zero-order chi connectivity index (χ0) is 18.4. The van der Waals surface area contributed by atoms with Crippen molar-refractivity contribution in [3.05, 3.63) is 59.3 Å². The monoisotopic (exact) mass is 360 g/mol. The maximum Gasteiger partial charge on any atom is 0.220 e. The lowest BCUT2D eigenvalue weighted by Gasteiger charge is -2.33. The molecular weight excluding hydrogens is 335 g/mol. The fourth-order valence-electron chi connectivity index (χ4n) is 3.14. The minimum absolute atomic E-state index is 0.00220. The first-order valence-electron chi connectivity index (χ1n) is 9.01. The number of furan rings is 1. The van der Waals surface area contributed by atoms with Crippen LogP contribution in [0.1, 0.15) is 29.5 Å². The van der Waals surface area contributed by atoms with Gasteiger partial charge in [0.15, 0.2) is 0 Å². The van der Waals surface area contributed by atoms with Crippen molar-refractivity contribution >= 4 is 5.91 Å². The molecule has 1 aromatic heterocycles. The third-order valence-corrected chi connectivity index (χ3v) is 4.62. The third kappa shape index (κ3) is 5.16. The van der Waals surface area contributed by atoms with E-state index in [4.69, 9.17) is 9.15 Å². The molecule has 3 rings (SSSR count). The van der Waals surface area contributed by atoms with Crippen LogP contribution in [-0.2, 0) is 16.0 Å². The highest BCUT2D eigenvalue weighted by Gasteiger charge is 2.25. The number of nitrogens with zero attached hydrogens (tertiary/aromatic N) is 1. The van der Waals surface area contributed by atoms with Crippen LogP contribution in [0.15, 0.2) is 40.8 Å². The number of hydrogen-bond acceptors (Lipinski definition) is 4. The van der Waals surface area contributed by atoms with E-state index in [-0.39, 0.29) is 17.8 Å². The van der Waals surface area contributed by atoms with Gasteiger partial charge in [0.2, 0.25) is 5.91 Å². The van der Waals surface area contributed by atoms with Crippen LogP contribution in [0.3, 0.4) is 0 Å². The Morgan fingerprint density at radius 2 is 1.92 bits per heavy atom. The SMILES string of the molecule is Cc1ccc(C(CNC(=O)CCc2ccc(F)cc2)N2CCOCC2)o1. The second-order valence-corrected chi connectivity index (χ2v) is 6.54. The number of aryl methyl sites for hydroxylation is 2. The highest BCUT2D eigenvalue weighted by Crippen LogP contribution is 2.23. The number of rotatable bonds is 7. The predicted octanol–water partition coefficient (Wildman–Crippen LogP) is 2.85. The van der Waals surface area contributed by atoms with Crippen LogP contribution in [0.25, 0.3) is 0 Å². The Kier molecular flexibility index (Phi) is 6.41. The zero-order valence-corrected chi connectivity index (χ0v) is 15.0. The number of nitrogens with one attached hydrogen (secondary N) is 1. The van der Waals surface area contributed by atoms with E-state index in [1.807, 2.05) is 19.1 Å². The molecule has 1 N–H and O–H groups in total. The van der Waals surface area contributed by atoms with Crippen molar-refractivity contribution in [2.24, 2.45) is 0 Å². The quantitative estimate of drug-likeness (QED) is 0.825. The molecule has 0 saturated carbocycles. The average Bonchev–Trinajstić information content (AvgIpc) is 3.08. The number of amides is 1. The molecule has 26 heavy (non-hydrogen) atoms. The molecule has 1 aliphatic rings. The Morgan fingerprint density at radius 3 is 2.58 bits per heavy atom. The number of benzene rings is 1. The van der Waals surface area contributed by atoms with Crippen molar-refractivity contribution in [1.29, 1.82) is 0 Å². The number of hydrogen-bond donors (Lipinski definition) is 1. The van der Waals surface area contributed by atoms with Gasteiger partial charge in [0, 0.05) is 26.1 Å². The largest absolute Gasteiger partial charge is 0.465 e. The maximum atomic E-state index is 12.9. The highest BCUT2D eigenvalue weighted by molar-refractivity contribution is 5.76. The average molecular weight is 360 g/mol. The molecule has 6 heteroatoms. The molecule has 1 saturated heterocycles. The van der Waals surface area contributed by atoms with Crippen LogP contribution in [0.2, 0.25) is 0 Å².